The Kier molecular flexibility index (Phi) is 2.18. The third-order valence-corrected chi connectivity index (χ3v) is 1.50. The quantitative estimate of drug-likeness (QED) is 0.754. The molecule has 1 N–H and O–H groups in total. The molecular weight excluding hydrogens is 184 g/mol. The minimum Gasteiger partial charge on any atom is -0.411 e. The summed E-state index contributed by atoms with van der Waals surface area (Å²) in [6.07, 6.45) is 4.17. The van der Waals surface area contributed by atoms with Crippen LogP contribution in [0.25, 0.3) is 0 Å². The molecule has 0 atom stereocenters. The Morgan fingerprint density at radius 1 is 1.50 bits per heavy atom. The highest BCUT2D eigenvalue weighted by Crippen LogP contribution is 2.03. The van der Waals surface area contributed by atoms with Gasteiger partial charge in [-0.05, 0) is 12.1 Å². The highest BCUT2D eigenvalue weighted by Gasteiger charge is 2.07. The summed E-state index contributed by atoms with van der Waals surface area (Å²) in [6, 6.07) is 3.38. The number of aromatic nitrogens is 3. The fourth-order valence-electron chi connectivity index (χ4n) is 0.894. The summed E-state index contributed by atoms with van der Waals surface area (Å²) in [5.74, 6) is -0.331. The smallest absolute Gasteiger partial charge is 0.322 e. The van der Waals surface area contributed by atoms with Gasteiger partial charge in [0, 0.05) is 12.4 Å². The number of hydrogen-bond donors (Lipinski definition) is 1. The summed E-state index contributed by atoms with van der Waals surface area (Å²) in [6.45, 7) is 0. The molecule has 0 aliphatic rings. The molecule has 14 heavy (non-hydrogen) atoms. The Balaban J connectivity index is 2.11. The minimum absolute atomic E-state index is 0.0684. The monoisotopic (exact) mass is 190 g/mol. The lowest BCUT2D eigenvalue weighted by molar-refractivity contribution is 0.102. The Morgan fingerprint density at radius 3 is 3.07 bits per heavy atom. The number of carbonyl (C=O) groups is 1. The van der Waals surface area contributed by atoms with Crippen molar-refractivity contribution in [2.45, 2.75) is 0 Å². The molecule has 70 valence electrons. The van der Waals surface area contributed by atoms with Gasteiger partial charge in [-0.2, -0.15) is 0 Å². The average molecular weight is 190 g/mol. The molecular formula is C8H6N4O2. The van der Waals surface area contributed by atoms with E-state index in [1.807, 2.05) is 0 Å². The average Bonchev–Trinajstić information content (AvgIpc) is 2.72. The number of nitrogens with one attached hydrogen (secondary N) is 1. The Bertz CT molecular complexity index is 412. The molecule has 1 amide bonds. The van der Waals surface area contributed by atoms with Crippen molar-refractivity contribution in [3.63, 3.8) is 0 Å². The van der Waals surface area contributed by atoms with Gasteiger partial charge in [-0.1, -0.05) is 5.10 Å². The van der Waals surface area contributed by atoms with E-state index in [0.29, 0.717) is 5.56 Å². The molecule has 0 aromatic carbocycles. The van der Waals surface area contributed by atoms with Gasteiger partial charge in [0.2, 0.25) is 6.39 Å². The fourth-order valence-corrected chi connectivity index (χ4v) is 0.894. The maximum absolute atomic E-state index is 11.4. The zero-order chi connectivity index (χ0) is 9.80. The molecule has 0 unspecified atom stereocenters. The molecule has 2 aromatic heterocycles. The normalized spacial score (nSPS) is 9.71. The predicted octanol–water partition coefficient (Wildman–Crippen LogP) is 0.717. The van der Waals surface area contributed by atoms with Crippen molar-refractivity contribution in [1.29, 1.82) is 0 Å². The molecule has 0 spiro atoms. The van der Waals surface area contributed by atoms with Crippen molar-refractivity contribution in [3.8, 4) is 0 Å². The molecule has 0 radical (unpaired) electrons. The highest BCUT2D eigenvalue weighted by atomic mass is 16.4. The van der Waals surface area contributed by atoms with Crippen molar-refractivity contribution in [1.82, 2.24) is 15.2 Å². The zero-order valence-corrected chi connectivity index (χ0v) is 7.04. The zero-order valence-electron chi connectivity index (χ0n) is 7.04. The first-order valence-electron chi connectivity index (χ1n) is 3.84. The SMILES string of the molecule is O=C(Nc1nnco1)c1cccnc1. The predicted molar refractivity (Wildman–Crippen MR) is 46.5 cm³/mol. The number of hydrogen-bond acceptors (Lipinski definition) is 5. The van der Waals surface area contributed by atoms with Gasteiger partial charge in [-0.25, -0.2) is 0 Å². The highest BCUT2D eigenvalue weighted by molar-refractivity contribution is 6.02. The van der Waals surface area contributed by atoms with Gasteiger partial charge in [0.25, 0.3) is 5.91 Å². The van der Waals surface area contributed by atoms with Gasteiger partial charge in [-0.3, -0.25) is 15.1 Å². The molecule has 2 aromatic rings. The van der Waals surface area contributed by atoms with Crippen molar-refractivity contribution < 1.29 is 9.21 Å². The molecule has 0 saturated carbocycles. The number of anilines is 1. The molecule has 0 bridgehead atoms. The largest absolute Gasteiger partial charge is 0.411 e. The van der Waals surface area contributed by atoms with Crippen LogP contribution < -0.4 is 5.32 Å². The maximum atomic E-state index is 11.4. The van der Waals surface area contributed by atoms with Crippen LogP contribution in [0.1, 0.15) is 10.4 Å². The van der Waals surface area contributed by atoms with Crippen LogP contribution in [0.4, 0.5) is 6.01 Å². The van der Waals surface area contributed by atoms with E-state index in [-0.39, 0.29) is 11.9 Å². The van der Waals surface area contributed by atoms with E-state index < -0.39 is 0 Å². The molecule has 2 heterocycles. The van der Waals surface area contributed by atoms with Gasteiger partial charge in [0.1, 0.15) is 0 Å². The van der Waals surface area contributed by atoms with Crippen LogP contribution in [0.15, 0.2) is 35.3 Å². The van der Waals surface area contributed by atoms with Gasteiger partial charge >= 0.3 is 6.01 Å². The first kappa shape index (κ1) is 8.36. The Morgan fingerprint density at radius 2 is 2.43 bits per heavy atom. The number of rotatable bonds is 2. The van der Waals surface area contributed by atoms with E-state index in [1.54, 1.807) is 18.3 Å². The van der Waals surface area contributed by atoms with Crippen molar-refractivity contribution >= 4 is 11.9 Å². The van der Waals surface area contributed by atoms with Gasteiger partial charge in [0.05, 0.1) is 5.56 Å². The second-order valence-corrected chi connectivity index (χ2v) is 2.44. The van der Waals surface area contributed by atoms with E-state index in [0.717, 1.165) is 6.39 Å². The molecule has 0 fully saturated rings. The van der Waals surface area contributed by atoms with E-state index in [1.165, 1.54) is 6.20 Å². The summed E-state index contributed by atoms with van der Waals surface area (Å²) < 4.78 is 4.75. The third kappa shape index (κ3) is 1.74. The fraction of sp³-hybridized carbons (Fsp3) is 0. The summed E-state index contributed by atoms with van der Waals surface area (Å²) in [5.41, 5.74) is 0.436. The van der Waals surface area contributed by atoms with E-state index >= 15 is 0 Å². The minimum atomic E-state index is -0.331. The Labute approximate surface area is 79.0 Å². The van der Waals surface area contributed by atoms with Crippen molar-refractivity contribution in [3.05, 3.63) is 36.5 Å². The van der Waals surface area contributed by atoms with Crippen LogP contribution in [-0.4, -0.2) is 21.1 Å². The third-order valence-electron chi connectivity index (χ3n) is 1.50. The summed E-state index contributed by atoms with van der Waals surface area (Å²) in [4.78, 5) is 15.2. The number of amides is 1. The Hall–Kier alpha value is -2.24. The van der Waals surface area contributed by atoms with Crippen molar-refractivity contribution in [2.24, 2.45) is 0 Å². The van der Waals surface area contributed by atoms with Crippen LogP contribution in [-0.2, 0) is 0 Å². The van der Waals surface area contributed by atoms with Crippen LogP contribution in [0, 0.1) is 0 Å². The lowest BCUT2D eigenvalue weighted by Gasteiger charge is -1.97. The number of nitrogens with zero attached hydrogens (tertiary/aromatic N) is 3. The first-order chi connectivity index (χ1) is 6.86. The van der Waals surface area contributed by atoms with Crippen LogP contribution in [0.3, 0.4) is 0 Å². The summed E-state index contributed by atoms with van der Waals surface area (Å²) in [5, 5.41) is 9.35. The first-order valence-corrected chi connectivity index (χ1v) is 3.84. The lowest BCUT2D eigenvalue weighted by atomic mass is 10.3. The van der Waals surface area contributed by atoms with Gasteiger partial charge in [0.15, 0.2) is 0 Å². The molecule has 2 rings (SSSR count). The standard InChI is InChI=1S/C8H6N4O2/c13-7(6-2-1-3-9-4-6)11-8-12-10-5-14-8/h1-5H,(H,11,12,13). The molecule has 6 heteroatoms. The molecule has 0 aliphatic heterocycles. The summed E-state index contributed by atoms with van der Waals surface area (Å²) >= 11 is 0. The van der Waals surface area contributed by atoms with Crippen molar-refractivity contribution in [2.75, 3.05) is 5.32 Å². The van der Waals surface area contributed by atoms with Crippen LogP contribution >= 0.6 is 0 Å². The molecule has 0 aliphatic carbocycles. The van der Waals surface area contributed by atoms with Gasteiger partial charge < -0.3 is 4.42 Å². The number of pyridine rings is 1. The molecule has 6 nitrogen and oxygen atoms in total. The number of carbonyl (C=O) groups excluding carboxylic acids is 1. The topological polar surface area (TPSA) is 80.9 Å². The van der Waals surface area contributed by atoms with Crippen LogP contribution in [0.5, 0.6) is 0 Å². The second-order valence-electron chi connectivity index (χ2n) is 2.44. The van der Waals surface area contributed by atoms with Crippen LogP contribution in [0.2, 0.25) is 0 Å². The lowest BCUT2D eigenvalue weighted by Crippen LogP contribution is -2.12. The summed E-state index contributed by atoms with van der Waals surface area (Å²) in [7, 11) is 0. The van der Waals surface area contributed by atoms with Gasteiger partial charge in [-0.15, -0.1) is 5.10 Å². The van der Waals surface area contributed by atoms with E-state index in [4.69, 9.17) is 4.42 Å². The second kappa shape index (κ2) is 3.65. The molecule has 0 saturated heterocycles. The van der Waals surface area contributed by atoms with E-state index in [9.17, 15) is 4.79 Å². The van der Waals surface area contributed by atoms with E-state index in [2.05, 4.69) is 20.5 Å². The maximum Gasteiger partial charge on any atom is 0.322 e.